The highest BCUT2D eigenvalue weighted by Crippen LogP contribution is 2.26. The first-order valence-corrected chi connectivity index (χ1v) is 11.0. The minimum atomic E-state index is -0.0734. The smallest absolute Gasteiger partial charge is 0.236 e. The normalized spacial score (nSPS) is 14.6. The van der Waals surface area contributed by atoms with E-state index in [9.17, 15) is 4.79 Å². The minimum Gasteiger partial charge on any atom is -0.440 e. The highest BCUT2D eigenvalue weighted by Gasteiger charge is 2.15. The molecule has 0 aromatic carbocycles. The van der Waals surface area contributed by atoms with Crippen LogP contribution in [-0.2, 0) is 17.8 Å². The van der Waals surface area contributed by atoms with Crippen LogP contribution in [0, 0.1) is 6.92 Å². The number of rotatable bonds is 6. The fourth-order valence-corrected chi connectivity index (χ4v) is 4.17. The minimum absolute atomic E-state index is 0.0734. The first-order chi connectivity index (χ1) is 14.2. The molecule has 0 aliphatic carbocycles. The van der Waals surface area contributed by atoms with E-state index in [0.717, 1.165) is 29.3 Å². The Morgan fingerprint density at radius 1 is 1.21 bits per heavy atom. The van der Waals surface area contributed by atoms with Gasteiger partial charge in [0.25, 0.3) is 0 Å². The highest BCUT2D eigenvalue weighted by molar-refractivity contribution is 7.13. The molecule has 1 aliphatic rings. The van der Waals surface area contributed by atoms with Gasteiger partial charge in [-0.3, -0.25) is 4.79 Å². The van der Waals surface area contributed by atoms with E-state index >= 15 is 0 Å². The number of nitrogens with zero attached hydrogens (tertiary/aromatic N) is 3. The molecule has 1 amide bonds. The molecule has 0 unspecified atom stereocenters. The average molecular weight is 411 g/mol. The summed E-state index contributed by atoms with van der Waals surface area (Å²) >= 11 is 1.57. The first kappa shape index (κ1) is 19.6. The standard InChI is InChI=1S/C22H26N4O2S/c1-16-18(25-22(28-16)19-7-6-12-29-19)13-21(27)24-15-17-8-9-20(23-14-17)26-10-4-2-3-5-11-26/h6-9,12,14H,2-5,10-11,13,15H2,1H3,(H,24,27). The Hall–Kier alpha value is -2.67. The van der Waals surface area contributed by atoms with Crippen molar-refractivity contribution >= 4 is 23.1 Å². The largest absolute Gasteiger partial charge is 0.440 e. The van der Waals surface area contributed by atoms with Crippen LogP contribution in [0.15, 0.2) is 40.3 Å². The third-order valence-electron chi connectivity index (χ3n) is 5.18. The molecular weight excluding hydrogens is 384 g/mol. The van der Waals surface area contributed by atoms with Crippen LogP contribution < -0.4 is 10.2 Å². The van der Waals surface area contributed by atoms with E-state index in [1.54, 1.807) is 11.3 Å². The van der Waals surface area contributed by atoms with Gasteiger partial charge in [-0.1, -0.05) is 25.0 Å². The van der Waals surface area contributed by atoms with Crippen molar-refractivity contribution in [2.24, 2.45) is 0 Å². The van der Waals surface area contributed by atoms with Crippen molar-refractivity contribution < 1.29 is 9.21 Å². The third-order valence-corrected chi connectivity index (χ3v) is 6.04. The third kappa shape index (κ3) is 5.03. The predicted molar refractivity (Wildman–Crippen MR) is 115 cm³/mol. The second-order valence-corrected chi connectivity index (χ2v) is 8.33. The number of anilines is 1. The van der Waals surface area contributed by atoms with Gasteiger partial charge in [-0.25, -0.2) is 9.97 Å². The fraction of sp³-hybridized carbons (Fsp3) is 0.409. The lowest BCUT2D eigenvalue weighted by Gasteiger charge is -2.21. The van der Waals surface area contributed by atoms with E-state index in [0.29, 0.717) is 23.9 Å². The molecule has 0 atom stereocenters. The van der Waals surface area contributed by atoms with Crippen LogP contribution in [0.1, 0.15) is 42.7 Å². The van der Waals surface area contributed by atoms with Crippen molar-refractivity contribution in [2.45, 2.75) is 45.6 Å². The van der Waals surface area contributed by atoms with Crippen molar-refractivity contribution in [3.63, 3.8) is 0 Å². The number of oxazole rings is 1. The number of carbonyl (C=O) groups is 1. The molecule has 1 N–H and O–H groups in total. The lowest BCUT2D eigenvalue weighted by Crippen LogP contribution is -2.26. The molecule has 1 fully saturated rings. The van der Waals surface area contributed by atoms with Gasteiger partial charge < -0.3 is 14.6 Å². The first-order valence-electron chi connectivity index (χ1n) is 10.2. The molecule has 6 nitrogen and oxygen atoms in total. The molecule has 0 spiro atoms. The van der Waals surface area contributed by atoms with E-state index in [2.05, 4.69) is 26.3 Å². The van der Waals surface area contributed by atoms with Crippen molar-refractivity contribution in [1.82, 2.24) is 15.3 Å². The summed E-state index contributed by atoms with van der Waals surface area (Å²) < 4.78 is 5.71. The monoisotopic (exact) mass is 410 g/mol. The van der Waals surface area contributed by atoms with Gasteiger partial charge in [0.05, 0.1) is 17.0 Å². The van der Waals surface area contributed by atoms with Crippen molar-refractivity contribution in [2.75, 3.05) is 18.0 Å². The number of aromatic nitrogens is 2. The molecule has 7 heteroatoms. The number of amides is 1. The van der Waals surface area contributed by atoms with Gasteiger partial charge in [0, 0.05) is 25.8 Å². The van der Waals surface area contributed by atoms with Gasteiger partial charge in [0.2, 0.25) is 11.8 Å². The lowest BCUT2D eigenvalue weighted by molar-refractivity contribution is -0.120. The van der Waals surface area contributed by atoms with Gasteiger partial charge in [0.15, 0.2) is 0 Å². The van der Waals surface area contributed by atoms with Gasteiger partial charge in [-0.15, -0.1) is 11.3 Å². The van der Waals surface area contributed by atoms with Crippen LogP contribution >= 0.6 is 11.3 Å². The van der Waals surface area contributed by atoms with Crippen LogP contribution in [-0.4, -0.2) is 29.0 Å². The summed E-state index contributed by atoms with van der Waals surface area (Å²) in [5.74, 6) is 2.22. The Morgan fingerprint density at radius 3 is 2.72 bits per heavy atom. The maximum absolute atomic E-state index is 12.4. The quantitative estimate of drug-likeness (QED) is 0.654. The molecular formula is C22H26N4O2S. The number of pyridine rings is 1. The number of hydrogen-bond acceptors (Lipinski definition) is 6. The predicted octanol–water partition coefficient (Wildman–Crippen LogP) is 4.35. The fourth-order valence-electron chi connectivity index (χ4n) is 3.52. The summed E-state index contributed by atoms with van der Waals surface area (Å²) in [7, 11) is 0. The number of carbonyl (C=O) groups excluding carboxylic acids is 1. The number of hydrogen-bond donors (Lipinski definition) is 1. The van der Waals surface area contributed by atoms with E-state index in [4.69, 9.17) is 4.42 Å². The van der Waals surface area contributed by atoms with E-state index < -0.39 is 0 Å². The topological polar surface area (TPSA) is 71.3 Å². The summed E-state index contributed by atoms with van der Waals surface area (Å²) in [5, 5.41) is 4.94. The Balaban J connectivity index is 1.30. The Morgan fingerprint density at radius 2 is 2.03 bits per heavy atom. The van der Waals surface area contributed by atoms with Crippen LogP contribution in [0.3, 0.4) is 0 Å². The van der Waals surface area contributed by atoms with E-state index in [1.165, 1.54) is 25.7 Å². The van der Waals surface area contributed by atoms with Crippen LogP contribution in [0.25, 0.3) is 10.8 Å². The Labute approximate surface area is 175 Å². The second kappa shape index (κ2) is 9.22. The van der Waals surface area contributed by atoms with Crippen molar-refractivity contribution in [1.29, 1.82) is 0 Å². The highest BCUT2D eigenvalue weighted by atomic mass is 32.1. The summed E-state index contributed by atoms with van der Waals surface area (Å²) in [6, 6.07) is 8.02. The average Bonchev–Trinajstić information content (AvgIpc) is 3.30. The van der Waals surface area contributed by atoms with Gasteiger partial charge in [0.1, 0.15) is 11.6 Å². The Kier molecular flexibility index (Phi) is 6.24. The summed E-state index contributed by atoms with van der Waals surface area (Å²) in [6.07, 6.45) is 7.14. The van der Waals surface area contributed by atoms with Gasteiger partial charge in [-0.05, 0) is 42.8 Å². The molecule has 152 valence electrons. The molecule has 0 radical (unpaired) electrons. The number of nitrogens with one attached hydrogen (secondary N) is 1. The number of aryl methyl sites for hydroxylation is 1. The molecule has 1 aliphatic heterocycles. The van der Waals surface area contributed by atoms with Gasteiger partial charge >= 0.3 is 0 Å². The molecule has 29 heavy (non-hydrogen) atoms. The maximum Gasteiger partial charge on any atom is 0.236 e. The molecule has 0 bridgehead atoms. The molecule has 4 rings (SSSR count). The number of thiophene rings is 1. The SMILES string of the molecule is Cc1oc(-c2cccs2)nc1CC(=O)NCc1ccc(N2CCCCCC2)nc1. The summed E-state index contributed by atoms with van der Waals surface area (Å²) in [5.41, 5.74) is 1.67. The molecule has 4 heterocycles. The zero-order valence-electron chi connectivity index (χ0n) is 16.7. The molecule has 1 saturated heterocycles. The zero-order chi connectivity index (χ0) is 20.1. The Bertz CT molecular complexity index is 926. The zero-order valence-corrected chi connectivity index (χ0v) is 17.5. The van der Waals surface area contributed by atoms with Crippen LogP contribution in [0.4, 0.5) is 5.82 Å². The van der Waals surface area contributed by atoms with E-state index in [1.807, 2.05) is 36.7 Å². The van der Waals surface area contributed by atoms with Gasteiger partial charge in [-0.2, -0.15) is 0 Å². The summed E-state index contributed by atoms with van der Waals surface area (Å²) in [6.45, 7) is 4.46. The van der Waals surface area contributed by atoms with E-state index in [-0.39, 0.29) is 12.3 Å². The molecule has 3 aromatic rings. The van der Waals surface area contributed by atoms with Crippen LogP contribution in [0.2, 0.25) is 0 Å². The van der Waals surface area contributed by atoms with Crippen molar-refractivity contribution in [3.05, 3.63) is 52.9 Å². The van der Waals surface area contributed by atoms with Crippen molar-refractivity contribution in [3.8, 4) is 10.8 Å². The maximum atomic E-state index is 12.4. The summed E-state index contributed by atoms with van der Waals surface area (Å²) in [4.78, 5) is 24.8. The van der Waals surface area contributed by atoms with Crippen LogP contribution in [0.5, 0.6) is 0 Å². The lowest BCUT2D eigenvalue weighted by atomic mass is 10.2. The molecule has 0 saturated carbocycles. The second-order valence-electron chi connectivity index (χ2n) is 7.38. The molecule has 3 aromatic heterocycles.